The number of thiophene rings is 1. The lowest BCUT2D eigenvalue weighted by atomic mass is 9.98. The lowest BCUT2D eigenvalue weighted by molar-refractivity contribution is 0.129. The maximum atomic E-state index is 6.35. The van der Waals surface area contributed by atoms with Crippen molar-refractivity contribution in [2.45, 2.75) is 52.2 Å². The number of likely N-dealkylation sites (N-methyl/N-ethyl adjacent to an activating group) is 1. The van der Waals surface area contributed by atoms with Crippen LogP contribution in [0.4, 0.5) is 0 Å². The third-order valence-electron chi connectivity index (χ3n) is 3.81. The second-order valence-electron chi connectivity index (χ2n) is 5.31. The minimum Gasteiger partial charge on any atom is -0.326 e. The van der Waals surface area contributed by atoms with E-state index < -0.39 is 0 Å². The Morgan fingerprint density at radius 3 is 2.33 bits per heavy atom. The molecule has 0 bridgehead atoms. The van der Waals surface area contributed by atoms with Gasteiger partial charge in [0.2, 0.25) is 0 Å². The molecule has 2 nitrogen and oxygen atoms in total. The molecule has 1 aromatic rings. The first kappa shape index (κ1) is 16.2. The highest BCUT2D eigenvalue weighted by atomic mass is 79.9. The Morgan fingerprint density at radius 1 is 1.33 bits per heavy atom. The van der Waals surface area contributed by atoms with Gasteiger partial charge in [0.05, 0.1) is 9.83 Å². The summed E-state index contributed by atoms with van der Waals surface area (Å²) in [5.41, 5.74) is 6.35. The van der Waals surface area contributed by atoms with E-state index in [9.17, 15) is 0 Å². The van der Waals surface area contributed by atoms with E-state index in [0.717, 1.165) is 6.42 Å². The summed E-state index contributed by atoms with van der Waals surface area (Å²) < 4.78 is 1.18. The minimum absolute atomic E-state index is 0.182. The Morgan fingerprint density at radius 2 is 1.94 bits per heavy atom. The van der Waals surface area contributed by atoms with Crippen LogP contribution >= 0.6 is 27.3 Å². The number of nitrogens with two attached hydrogens (primary N) is 1. The molecule has 4 heteroatoms. The second kappa shape index (κ2) is 7.04. The van der Waals surface area contributed by atoms with Crippen molar-refractivity contribution < 1.29 is 0 Å². The van der Waals surface area contributed by atoms with Gasteiger partial charge in [-0.1, -0.05) is 20.8 Å². The molecule has 0 amide bonds. The maximum absolute atomic E-state index is 6.35. The van der Waals surface area contributed by atoms with E-state index in [4.69, 9.17) is 5.73 Å². The zero-order chi connectivity index (χ0) is 13.9. The number of nitrogens with zero attached hydrogens (tertiary/aromatic N) is 1. The van der Waals surface area contributed by atoms with Crippen molar-refractivity contribution in [3.63, 3.8) is 0 Å². The summed E-state index contributed by atoms with van der Waals surface area (Å²) in [6.45, 7) is 8.97. The molecule has 3 atom stereocenters. The monoisotopic (exact) mass is 332 g/mol. The second-order valence-corrected chi connectivity index (χ2v) is 7.80. The van der Waals surface area contributed by atoms with Crippen LogP contribution in [0.3, 0.4) is 0 Å². The van der Waals surface area contributed by atoms with Crippen molar-refractivity contribution in [3.8, 4) is 0 Å². The van der Waals surface area contributed by atoms with Crippen molar-refractivity contribution in [1.29, 1.82) is 0 Å². The Hall–Kier alpha value is 0.1000. The van der Waals surface area contributed by atoms with Crippen LogP contribution in [-0.4, -0.2) is 24.0 Å². The molecule has 1 heterocycles. The van der Waals surface area contributed by atoms with Gasteiger partial charge in [-0.15, -0.1) is 11.3 Å². The molecule has 0 aliphatic rings. The van der Waals surface area contributed by atoms with Crippen LogP contribution in [0.2, 0.25) is 0 Å². The number of halogens is 1. The van der Waals surface area contributed by atoms with Crippen molar-refractivity contribution in [3.05, 3.63) is 20.8 Å². The Kier molecular flexibility index (Phi) is 6.31. The van der Waals surface area contributed by atoms with Gasteiger partial charge in [-0.25, -0.2) is 0 Å². The third kappa shape index (κ3) is 3.80. The summed E-state index contributed by atoms with van der Waals surface area (Å²) in [6, 6.07) is 5.32. The van der Waals surface area contributed by atoms with Crippen molar-refractivity contribution in [1.82, 2.24) is 4.90 Å². The molecule has 18 heavy (non-hydrogen) atoms. The first-order valence-corrected chi connectivity index (χ1v) is 8.22. The topological polar surface area (TPSA) is 29.3 Å². The van der Waals surface area contributed by atoms with Crippen LogP contribution in [0.5, 0.6) is 0 Å². The van der Waals surface area contributed by atoms with E-state index in [1.54, 1.807) is 11.3 Å². The van der Waals surface area contributed by atoms with Crippen LogP contribution in [0, 0.1) is 5.92 Å². The molecule has 0 aliphatic carbocycles. The summed E-state index contributed by atoms with van der Waals surface area (Å²) in [4.78, 5) is 3.78. The number of hydrogen-bond donors (Lipinski definition) is 1. The predicted molar refractivity (Wildman–Crippen MR) is 85.1 cm³/mol. The van der Waals surface area contributed by atoms with Crippen LogP contribution in [0.15, 0.2) is 15.9 Å². The average molecular weight is 333 g/mol. The highest BCUT2D eigenvalue weighted by Gasteiger charge is 2.28. The largest absolute Gasteiger partial charge is 0.326 e. The van der Waals surface area contributed by atoms with E-state index in [2.05, 4.69) is 67.7 Å². The summed E-state index contributed by atoms with van der Waals surface area (Å²) in [6.07, 6.45) is 0.995. The fraction of sp³-hybridized carbons (Fsp3) is 0.714. The van der Waals surface area contributed by atoms with E-state index in [-0.39, 0.29) is 6.04 Å². The normalized spacial score (nSPS) is 17.2. The van der Waals surface area contributed by atoms with Gasteiger partial charge < -0.3 is 5.73 Å². The average Bonchev–Trinajstić information content (AvgIpc) is 2.74. The van der Waals surface area contributed by atoms with Crippen molar-refractivity contribution >= 4 is 27.3 Å². The molecule has 0 fully saturated rings. The molecule has 3 unspecified atom stereocenters. The summed E-state index contributed by atoms with van der Waals surface area (Å²) >= 11 is 5.34. The van der Waals surface area contributed by atoms with Gasteiger partial charge in [0.15, 0.2) is 0 Å². The molecule has 1 aromatic heterocycles. The first-order valence-electron chi connectivity index (χ1n) is 6.61. The molecule has 0 saturated carbocycles. The lowest BCUT2D eigenvalue weighted by Crippen LogP contribution is -2.44. The molecule has 0 aromatic carbocycles. The number of rotatable bonds is 6. The fourth-order valence-electron chi connectivity index (χ4n) is 2.15. The molecule has 0 spiro atoms. The van der Waals surface area contributed by atoms with E-state index in [1.165, 1.54) is 8.66 Å². The highest BCUT2D eigenvalue weighted by molar-refractivity contribution is 9.11. The van der Waals surface area contributed by atoms with Crippen molar-refractivity contribution in [2.24, 2.45) is 11.7 Å². The van der Waals surface area contributed by atoms with Gasteiger partial charge in [0.25, 0.3) is 0 Å². The third-order valence-corrected chi connectivity index (χ3v) is 5.50. The Balaban J connectivity index is 2.98. The quantitative estimate of drug-likeness (QED) is 0.842. The van der Waals surface area contributed by atoms with Crippen molar-refractivity contribution in [2.75, 3.05) is 7.05 Å². The van der Waals surface area contributed by atoms with Gasteiger partial charge >= 0.3 is 0 Å². The van der Waals surface area contributed by atoms with E-state index >= 15 is 0 Å². The Labute approximate surface area is 124 Å². The van der Waals surface area contributed by atoms with Gasteiger partial charge in [0, 0.05) is 17.0 Å². The molecular weight excluding hydrogens is 308 g/mol. The van der Waals surface area contributed by atoms with Crippen LogP contribution < -0.4 is 5.73 Å². The van der Waals surface area contributed by atoms with Crippen LogP contribution in [0.25, 0.3) is 0 Å². The minimum atomic E-state index is 0.182. The molecule has 0 radical (unpaired) electrons. The van der Waals surface area contributed by atoms with Gasteiger partial charge in [-0.3, -0.25) is 4.90 Å². The maximum Gasteiger partial charge on any atom is 0.0702 e. The van der Waals surface area contributed by atoms with Crippen LogP contribution in [0.1, 0.15) is 45.0 Å². The molecule has 0 saturated heterocycles. The lowest BCUT2D eigenvalue weighted by Gasteiger charge is -2.37. The van der Waals surface area contributed by atoms with Gasteiger partial charge in [-0.05, 0) is 54.4 Å². The number of hydrogen-bond acceptors (Lipinski definition) is 3. The first-order chi connectivity index (χ1) is 8.38. The fourth-order valence-corrected chi connectivity index (χ4v) is 3.80. The van der Waals surface area contributed by atoms with Gasteiger partial charge in [-0.2, -0.15) is 0 Å². The predicted octanol–water partition coefficient (Wildman–Crippen LogP) is 4.27. The summed E-state index contributed by atoms with van der Waals surface area (Å²) in [5.74, 6) is 0.630. The van der Waals surface area contributed by atoms with E-state index in [0.29, 0.717) is 18.0 Å². The molecule has 1 rings (SSSR count). The molecular formula is C14H25BrN2S. The SMILES string of the molecule is CCC(N)C(c1ccc(Br)s1)N(C)C(C)C(C)C. The zero-order valence-electron chi connectivity index (χ0n) is 12.0. The zero-order valence-corrected chi connectivity index (χ0v) is 14.4. The molecule has 0 aliphatic heterocycles. The van der Waals surface area contributed by atoms with E-state index in [1.807, 2.05) is 0 Å². The molecule has 2 N–H and O–H groups in total. The standard InChI is InChI=1S/C14H25BrN2S/c1-6-11(16)14(12-7-8-13(15)18-12)17(5)10(4)9(2)3/h7-11,14H,6,16H2,1-5H3. The smallest absolute Gasteiger partial charge is 0.0702 e. The Bertz CT molecular complexity index is 364. The highest BCUT2D eigenvalue weighted by Crippen LogP contribution is 2.34. The van der Waals surface area contributed by atoms with Crippen LogP contribution in [-0.2, 0) is 0 Å². The summed E-state index contributed by atoms with van der Waals surface area (Å²) in [7, 11) is 2.19. The summed E-state index contributed by atoms with van der Waals surface area (Å²) in [5, 5.41) is 0. The van der Waals surface area contributed by atoms with Gasteiger partial charge in [0.1, 0.15) is 0 Å². The molecule has 104 valence electrons.